The highest BCUT2D eigenvalue weighted by molar-refractivity contribution is 8.00. The lowest BCUT2D eigenvalue weighted by Gasteiger charge is -2.16. The number of ether oxygens (including phenoxy) is 3. The van der Waals surface area contributed by atoms with E-state index < -0.39 is 5.66 Å². The van der Waals surface area contributed by atoms with Gasteiger partial charge in [0.25, 0.3) is 0 Å². The van der Waals surface area contributed by atoms with Crippen molar-refractivity contribution in [2.45, 2.75) is 74.5 Å². The van der Waals surface area contributed by atoms with Gasteiger partial charge in [-0.05, 0) is 25.3 Å². The van der Waals surface area contributed by atoms with Crippen LogP contribution in [0, 0.1) is 0 Å². The fourth-order valence-electron chi connectivity index (χ4n) is 4.90. The largest absolute Gasteiger partial charge is 0.377 e. The maximum absolute atomic E-state index is 12.0. The Morgan fingerprint density at radius 2 is 1.88 bits per heavy atom. The summed E-state index contributed by atoms with van der Waals surface area (Å²) in [6.07, 6.45) is 8.02. The van der Waals surface area contributed by atoms with E-state index in [0.717, 1.165) is 30.7 Å². The molecule has 15 heteroatoms. The molecule has 3 atom stereocenters. The number of nitrogens with zero attached hydrogens (tertiary/aromatic N) is 5. The van der Waals surface area contributed by atoms with Crippen LogP contribution in [0.4, 0.5) is 4.79 Å². The van der Waals surface area contributed by atoms with Crippen molar-refractivity contribution in [1.29, 1.82) is 0 Å². The minimum absolute atomic E-state index is 0.0393. The van der Waals surface area contributed by atoms with E-state index in [2.05, 4.69) is 43.1 Å². The zero-order valence-corrected chi connectivity index (χ0v) is 24.8. The molecule has 0 spiro atoms. The highest BCUT2D eigenvalue weighted by atomic mass is 32.2. The number of allylic oxidation sites excluding steroid dienone is 1. The lowest BCUT2D eigenvalue weighted by Crippen LogP contribution is -2.36. The Labute approximate surface area is 250 Å². The number of thioether (sulfide) groups is 1. The number of rotatable bonds is 23. The monoisotopic (exact) mass is 606 g/mol. The van der Waals surface area contributed by atoms with Crippen LogP contribution in [-0.2, 0) is 36.8 Å². The predicted molar refractivity (Wildman–Crippen MR) is 155 cm³/mol. The van der Waals surface area contributed by atoms with Gasteiger partial charge in [0, 0.05) is 36.6 Å². The van der Waals surface area contributed by atoms with Gasteiger partial charge in [0.05, 0.1) is 70.4 Å². The smallest absolute Gasteiger partial charge is 0.315 e. The van der Waals surface area contributed by atoms with Crippen molar-refractivity contribution in [2.24, 2.45) is 10.2 Å². The Bertz CT molecular complexity index is 1080. The van der Waals surface area contributed by atoms with Gasteiger partial charge in [-0.3, -0.25) is 9.59 Å². The van der Waals surface area contributed by atoms with Crippen molar-refractivity contribution in [1.82, 2.24) is 30.9 Å². The molecule has 232 valence electrons. The van der Waals surface area contributed by atoms with Crippen LogP contribution in [0.15, 0.2) is 29.1 Å². The predicted octanol–water partition coefficient (Wildman–Crippen LogP) is 1.41. The first kappa shape index (κ1) is 32.0. The maximum atomic E-state index is 12.0. The van der Waals surface area contributed by atoms with E-state index in [0.29, 0.717) is 77.2 Å². The van der Waals surface area contributed by atoms with Crippen LogP contribution in [0.2, 0.25) is 0 Å². The van der Waals surface area contributed by atoms with E-state index in [1.165, 1.54) is 6.08 Å². The fourth-order valence-corrected chi connectivity index (χ4v) is 6.44. The Morgan fingerprint density at radius 3 is 2.64 bits per heavy atom. The number of hydrogen-bond donors (Lipinski definition) is 3. The van der Waals surface area contributed by atoms with Crippen LogP contribution in [0.3, 0.4) is 0 Å². The first-order chi connectivity index (χ1) is 20.5. The summed E-state index contributed by atoms with van der Waals surface area (Å²) in [5.41, 5.74) is 0.224. The molecule has 4 rings (SSSR count). The van der Waals surface area contributed by atoms with Crippen molar-refractivity contribution in [3.63, 3.8) is 0 Å². The number of carbonyl (C=O) groups is 3. The minimum atomic E-state index is -0.602. The third-order valence-electron chi connectivity index (χ3n) is 7.29. The molecule has 3 amide bonds. The molecule has 42 heavy (non-hydrogen) atoms. The van der Waals surface area contributed by atoms with E-state index in [4.69, 9.17) is 14.2 Å². The summed E-state index contributed by atoms with van der Waals surface area (Å²) in [6, 6.07) is 0.404. The summed E-state index contributed by atoms with van der Waals surface area (Å²) < 4.78 is 18.3. The molecule has 2 saturated heterocycles. The van der Waals surface area contributed by atoms with Gasteiger partial charge in [-0.15, -0.1) is 5.10 Å². The zero-order chi connectivity index (χ0) is 29.6. The van der Waals surface area contributed by atoms with Crippen molar-refractivity contribution in [3.05, 3.63) is 24.5 Å². The fraction of sp³-hybridized carbons (Fsp3) is 0.741. The summed E-state index contributed by atoms with van der Waals surface area (Å²) in [4.78, 5) is 35.0. The molecule has 4 heterocycles. The molecule has 0 unspecified atom stereocenters. The van der Waals surface area contributed by atoms with Gasteiger partial charge in [-0.25, -0.2) is 9.48 Å². The zero-order valence-electron chi connectivity index (χ0n) is 24.0. The van der Waals surface area contributed by atoms with E-state index in [-0.39, 0.29) is 36.2 Å². The van der Waals surface area contributed by atoms with Gasteiger partial charge in [-0.2, -0.15) is 22.0 Å². The van der Waals surface area contributed by atoms with Gasteiger partial charge >= 0.3 is 6.03 Å². The highest BCUT2D eigenvalue weighted by Crippen LogP contribution is 2.36. The molecule has 3 aliphatic rings. The molecular formula is C27H42N8O6S. The van der Waals surface area contributed by atoms with Crippen LogP contribution < -0.4 is 16.0 Å². The number of aromatic nitrogens is 3. The van der Waals surface area contributed by atoms with E-state index >= 15 is 0 Å². The number of amides is 3. The Kier molecular flexibility index (Phi) is 12.7. The van der Waals surface area contributed by atoms with Crippen LogP contribution in [0.25, 0.3) is 0 Å². The average molecular weight is 607 g/mol. The van der Waals surface area contributed by atoms with Gasteiger partial charge in [0.2, 0.25) is 5.91 Å². The third-order valence-corrected chi connectivity index (χ3v) is 8.80. The van der Waals surface area contributed by atoms with Crippen LogP contribution in [0.1, 0.15) is 44.2 Å². The van der Waals surface area contributed by atoms with Crippen LogP contribution >= 0.6 is 11.8 Å². The second-order valence-electron chi connectivity index (χ2n) is 10.6. The number of nitrogens with one attached hydrogen (secondary N) is 3. The van der Waals surface area contributed by atoms with E-state index in [1.54, 1.807) is 4.68 Å². The number of urea groups is 1. The van der Waals surface area contributed by atoms with Crippen molar-refractivity contribution in [2.75, 3.05) is 51.9 Å². The molecule has 0 radical (unpaired) electrons. The molecule has 0 aliphatic carbocycles. The Balaban J connectivity index is 0.890. The highest BCUT2D eigenvalue weighted by Gasteiger charge is 2.42. The SMILES string of the molecule is C=CC(=O)CC1(CCc2cn(CCOCCOCCOCCNC(=O)CCCC[C@@H]3SC[C@@H]4NC(=O)N[C@@H]43)nn2)N=N1. The number of aryl methyl sites for hydroxylation is 1. The summed E-state index contributed by atoms with van der Waals surface area (Å²) in [5.74, 6) is 0.937. The van der Waals surface area contributed by atoms with Gasteiger partial charge in [-0.1, -0.05) is 18.2 Å². The van der Waals surface area contributed by atoms with E-state index in [9.17, 15) is 14.4 Å². The van der Waals surface area contributed by atoms with Gasteiger partial charge in [0.15, 0.2) is 11.4 Å². The molecule has 14 nitrogen and oxygen atoms in total. The van der Waals surface area contributed by atoms with Gasteiger partial charge < -0.3 is 30.2 Å². The Morgan fingerprint density at radius 1 is 1.12 bits per heavy atom. The number of hydrogen-bond acceptors (Lipinski definition) is 11. The van der Waals surface area contributed by atoms with Crippen molar-refractivity contribution < 1.29 is 28.6 Å². The minimum Gasteiger partial charge on any atom is -0.377 e. The molecule has 3 N–H and O–H groups in total. The number of fused-ring (bicyclic) bond motifs is 1. The standard InChI is InChI=1S/C27H42N8O6S/c1-2-21(36)17-27(32-33-27)8-7-20-18-35(34-31-20)10-12-40-14-16-41-15-13-39-11-9-28-24(37)6-4-3-5-23-25-22(19-42-23)29-26(38)30-25/h2,18,22-23,25H,1,3-17,19H2,(H,28,37)(H2,29,30,38)/t22-,23-,25-/m0/s1. The van der Waals surface area contributed by atoms with Crippen LogP contribution in [0.5, 0.6) is 0 Å². The lowest BCUT2D eigenvalue weighted by molar-refractivity contribution is -0.121. The molecule has 0 bridgehead atoms. The first-order valence-electron chi connectivity index (χ1n) is 14.6. The molecule has 1 aromatic heterocycles. The summed E-state index contributed by atoms with van der Waals surface area (Å²) in [7, 11) is 0. The second-order valence-corrected chi connectivity index (χ2v) is 11.8. The number of ketones is 1. The second kappa shape index (κ2) is 16.7. The Hall–Kier alpha value is -2.88. The van der Waals surface area contributed by atoms with E-state index in [1.807, 2.05) is 18.0 Å². The first-order valence-corrected chi connectivity index (χ1v) is 15.7. The summed E-state index contributed by atoms with van der Waals surface area (Å²) in [5, 5.41) is 25.6. The van der Waals surface area contributed by atoms with Crippen LogP contribution in [-0.4, -0.2) is 108 Å². The van der Waals surface area contributed by atoms with Gasteiger partial charge in [0.1, 0.15) is 0 Å². The molecule has 1 aromatic rings. The van der Waals surface area contributed by atoms with Crippen molar-refractivity contribution in [3.8, 4) is 0 Å². The number of carbonyl (C=O) groups excluding carboxylic acids is 3. The lowest BCUT2D eigenvalue weighted by atomic mass is 10.0. The molecule has 0 aromatic carbocycles. The summed E-state index contributed by atoms with van der Waals surface area (Å²) >= 11 is 1.90. The number of unbranched alkanes of at least 4 members (excludes halogenated alkanes) is 1. The molecule has 0 saturated carbocycles. The van der Waals surface area contributed by atoms with Crippen molar-refractivity contribution >= 4 is 29.5 Å². The maximum Gasteiger partial charge on any atom is 0.315 e. The average Bonchev–Trinajstić information content (AvgIpc) is 3.25. The molecule has 3 aliphatic heterocycles. The summed E-state index contributed by atoms with van der Waals surface area (Å²) in [6.45, 7) is 7.31. The molecule has 2 fully saturated rings. The third kappa shape index (κ3) is 10.7. The quantitative estimate of drug-likeness (QED) is 0.0947. The topological polar surface area (TPSA) is 170 Å². The normalized spacial score (nSPS) is 21.5. The molecular weight excluding hydrogens is 564 g/mol.